The van der Waals surface area contributed by atoms with Gasteiger partial charge in [-0.25, -0.2) is 0 Å². The van der Waals surface area contributed by atoms with Crippen molar-refractivity contribution in [3.63, 3.8) is 0 Å². The molecule has 1 heterocycles. The number of amides is 1. The molecule has 1 aromatic heterocycles. The molecule has 2 aromatic rings. The summed E-state index contributed by atoms with van der Waals surface area (Å²) < 4.78 is 11.5. The number of unbranched alkanes of at least 4 members (excludes halogenated alkanes) is 1. The first kappa shape index (κ1) is 18.1. The molecule has 0 saturated heterocycles. The quantitative estimate of drug-likeness (QED) is 0.588. The Kier molecular flexibility index (Phi) is 6.07. The zero-order valence-corrected chi connectivity index (χ0v) is 15.3. The van der Waals surface area contributed by atoms with Crippen molar-refractivity contribution in [3.05, 3.63) is 35.1 Å². The van der Waals surface area contributed by atoms with Gasteiger partial charge >= 0.3 is 0 Å². The highest BCUT2D eigenvalue weighted by Crippen LogP contribution is 2.37. The summed E-state index contributed by atoms with van der Waals surface area (Å²) in [6.45, 7) is 11.3. The Morgan fingerprint density at radius 2 is 2.08 bits per heavy atom. The highest BCUT2D eigenvalue weighted by molar-refractivity contribution is 5.98. The Labute approximate surface area is 143 Å². The molecule has 2 rings (SSSR count). The number of hydrogen-bond donors (Lipinski definition) is 1. The van der Waals surface area contributed by atoms with Crippen molar-refractivity contribution in [2.75, 3.05) is 13.2 Å². The third-order valence-electron chi connectivity index (χ3n) is 4.13. The van der Waals surface area contributed by atoms with Crippen LogP contribution in [-0.2, 0) is 4.79 Å². The smallest absolute Gasteiger partial charge is 0.244 e. The first-order valence-corrected chi connectivity index (χ1v) is 8.60. The second kappa shape index (κ2) is 8.04. The van der Waals surface area contributed by atoms with Crippen LogP contribution in [-0.4, -0.2) is 19.1 Å². The number of aryl methyl sites for hydroxylation is 2. The summed E-state index contributed by atoms with van der Waals surface area (Å²) in [5.74, 6) is 0.722. The second-order valence-electron chi connectivity index (χ2n) is 6.08. The summed E-state index contributed by atoms with van der Waals surface area (Å²) in [6, 6.07) is 2.05. The summed E-state index contributed by atoms with van der Waals surface area (Å²) in [4.78, 5) is 12.1. The first-order chi connectivity index (χ1) is 11.5. The standard InChI is InChI=1S/C20H27NO3/c1-6-8-9-21-18(22)10-13(3)16-11-17-14(4)12-24-20(17)15(5)19(16)23-7-2/h10-12H,6-9H2,1-5H3,(H,21,22)/b13-10+. The number of nitrogens with one attached hydrogen (secondary N) is 1. The minimum Gasteiger partial charge on any atom is -0.493 e. The van der Waals surface area contributed by atoms with E-state index in [2.05, 4.69) is 18.3 Å². The molecule has 0 saturated carbocycles. The molecule has 1 amide bonds. The van der Waals surface area contributed by atoms with Gasteiger partial charge in [-0.3, -0.25) is 4.79 Å². The average Bonchev–Trinajstić information content (AvgIpc) is 2.91. The van der Waals surface area contributed by atoms with Crippen molar-refractivity contribution in [2.24, 2.45) is 0 Å². The lowest BCUT2D eigenvalue weighted by atomic mass is 9.98. The second-order valence-corrected chi connectivity index (χ2v) is 6.08. The summed E-state index contributed by atoms with van der Waals surface area (Å²) in [7, 11) is 0. The largest absolute Gasteiger partial charge is 0.493 e. The third kappa shape index (κ3) is 3.81. The van der Waals surface area contributed by atoms with Gasteiger partial charge in [0.2, 0.25) is 5.91 Å². The number of furan rings is 1. The predicted octanol–water partition coefficient (Wildman–Crippen LogP) is 4.77. The van der Waals surface area contributed by atoms with E-state index in [9.17, 15) is 4.79 Å². The highest BCUT2D eigenvalue weighted by atomic mass is 16.5. The SMILES string of the molecule is CCCCNC(=O)/C=C(\C)c1cc2c(C)coc2c(C)c1OCC. The molecular weight excluding hydrogens is 302 g/mol. The number of benzene rings is 1. The average molecular weight is 329 g/mol. The van der Waals surface area contributed by atoms with Crippen LogP contribution in [0.3, 0.4) is 0 Å². The summed E-state index contributed by atoms with van der Waals surface area (Å²) in [5, 5.41) is 3.98. The first-order valence-electron chi connectivity index (χ1n) is 8.60. The van der Waals surface area contributed by atoms with Crippen LogP contribution >= 0.6 is 0 Å². The van der Waals surface area contributed by atoms with E-state index in [1.165, 1.54) is 0 Å². The summed E-state index contributed by atoms with van der Waals surface area (Å²) in [5.41, 5.74) is 4.73. The van der Waals surface area contributed by atoms with Crippen LogP contribution in [0.25, 0.3) is 16.5 Å². The molecule has 1 aromatic carbocycles. The van der Waals surface area contributed by atoms with E-state index in [-0.39, 0.29) is 5.91 Å². The molecule has 0 bridgehead atoms. The van der Waals surface area contributed by atoms with Crippen LogP contribution in [0.2, 0.25) is 0 Å². The van der Waals surface area contributed by atoms with Crippen LogP contribution in [0.15, 0.2) is 22.8 Å². The van der Waals surface area contributed by atoms with Crippen molar-refractivity contribution in [3.8, 4) is 5.75 Å². The molecule has 24 heavy (non-hydrogen) atoms. The Bertz CT molecular complexity index is 756. The minimum absolute atomic E-state index is 0.0648. The molecular formula is C20H27NO3. The Balaban J connectivity index is 2.43. The number of ether oxygens (including phenoxy) is 1. The van der Waals surface area contributed by atoms with Crippen LogP contribution < -0.4 is 10.1 Å². The number of carbonyl (C=O) groups excluding carboxylic acids is 1. The van der Waals surface area contributed by atoms with E-state index in [1.807, 2.05) is 27.7 Å². The fraction of sp³-hybridized carbons (Fsp3) is 0.450. The molecule has 0 spiro atoms. The summed E-state index contributed by atoms with van der Waals surface area (Å²) >= 11 is 0. The molecule has 0 aliphatic carbocycles. The monoisotopic (exact) mass is 329 g/mol. The van der Waals surface area contributed by atoms with Crippen molar-refractivity contribution >= 4 is 22.4 Å². The van der Waals surface area contributed by atoms with E-state index in [4.69, 9.17) is 9.15 Å². The maximum absolute atomic E-state index is 12.1. The number of fused-ring (bicyclic) bond motifs is 1. The number of allylic oxidation sites excluding steroid dienone is 1. The zero-order chi connectivity index (χ0) is 17.7. The number of rotatable bonds is 7. The van der Waals surface area contributed by atoms with Gasteiger partial charge in [0.25, 0.3) is 0 Å². The van der Waals surface area contributed by atoms with Gasteiger partial charge in [-0.15, -0.1) is 0 Å². The fourth-order valence-corrected chi connectivity index (χ4v) is 2.78. The lowest BCUT2D eigenvalue weighted by molar-refractivity contribution is -0.116. The molecule has 130 valence electrons. The van der Waals surface area contributed by atoms with Crippen LogP contribution in [0.4, 0.5) is 0 Å². The predicted molar refractivity (Wildman–Crippen MR) is 98.4 cm³/mol. The van der Waals surface area contributed by atoms with Crippen LogP contribution in [0.1, 0.15) is 50.3 Å². The molecule has 4 nitrogen and oxygen atoms in total. The Hall–Kier alpha value is -2.23. The van der Waals surface area contributed by atoms with Gasteiger partial charge in [-0.05, 0) is 51.3 Å². The zero-order valence-electron chi connectivity index (χ0n) is 15.3. The topological polar surface area (TPSA) is 51.5 Å². The molecule has 0 aliphatic heterocycles. The summed E-state index contributed by atoms with van der Waals surface area (Å²) in [6.07, 6.45) is 5.46. The maximum atomic E-state index is 12.1. The van der Waals surface area contributed by atoms with E-state index in [1.54, 1.807) is 12.3 Å². The van der Waals surface area contributed by atoms with Crippen molar-refractivity contribution in [1.29, 1.82) is 0 Å². The normalized spacial score (nSPS) is 11.8. The molecule has 0 radical (unpaired) electrons. The van der Waals surface area contributed by atoms with Crippen molar-refractivity contribution in [1.82, 2.24) is 5.32 Å². The van der Waals surface area contributed by atoms with Gasteiger partial charge in [-0.2, -0.15) is 0 Å². The van der Waals surface area contributed by atoms with Gasteiger partial charge in [-0.1, -0.05) is 13.3 Å². The molecule has 1 N–H and O–H groups in total. The third-order valence-corrected chi connectivity index (χ3v) is 4.13. The number of hydrogen-bond acceptors (Lipinski definition) is 3. The van der Waals surface area contributed by atoms with Gasteiger partial charge in [0.05, 0.1) is 12.9 Å². The van der Waals surface area contributed by atoms with Gasteiger partial charge in [0, 0.05) is 29.1 Å². The van der Waals surface area contributed by atoms with E-state index < -0.39 is 0 Å². The van der Waals surface area contributed by atoms with E-state index >= 15 is 0 Å². The Morgan fingerprint density at radius 1 is 1.33 bits per heavy atom. The minimum atomic E-state index is -0.0648. The van der Waals surface area contributed by atoms with Crippen molar-refractivity contribution in [2.45, 2.75) is 47.5 Å². The van der Waals surface area contributed by atoms with Gasteiger partial charge in [0.1, 0.15) is 11.3 Å². The van der Waals surface area contributed by atoms with E-state index in [0.717, 1.165) is 51.8 Å². The van der Waals surface area contributed by atoms with E-state index in [0.29, 0.717) is 13.2 Å². The van der Waals surface area contributed by atoms with Gasteiger partial charge < -0.3 is 14.5 Å². The molecule has 0 fully saturated rings. The molecule has 0 aliphatic rings. The molecule has 0 unspecified atom stereocenters. The number of carbonyl (C=O) groups is 1. The maximum Gasteiger partial charge on any atom is 0.244 e. The fourth-order valence-electron chi connectivity index (χ4n) is 2.78. The van der Waals surface area contributed by atoms with Crippen LogP contribution in [0, 0.1) is 13.8 Å². The highest BCUT2D eigenvalue weighted by Gasteiger charge is 2.17. The molecule has 0 atom stereocenters. The van der Waals surface area contributed by atoms with Gasteiger partial charge in [0.15, 0.2) is 0 Å². The van der Waals surface area contributed by atoms with Crippen molar-refractivity contribution < 1.29 is 13.9 Å². The lowest BCUT2D eigenvalue weighted by Gasteiger charge is -2.14. The van der Waals surface area contributed by atoms with Crippen LogP contribution in [0.5, 0.6) is 5.75 Å². The Morgan fingerprint density at radius 3 is 2.75 bits per heavy atom. The molecule has 4 heteroatoms. The lowest BCUT2D eigenvalue weighted by Crippen LogP contribution is -2.22.